The van der Waals surface area contributed by atoms with Gasteiger partial charge in [0.2, 0.25) is 5.91 Å². The summed E-state index contributed by atoms with van der Waals surface area (Å²) >= 11 is 0. The van der Waals surface area contributed by atoms with E-state index < -0.39 is 0 Å². The maximum Gasteiger partial charge on any atom is 0.236 e. The zero-order valence-corrected chi connectivity index (χ0v) is 16.1. The highest BCUT2D eigenvalue weighted by atomic mass is 19.1. The number of carbonyl (C=O) groups excluding carboxylic acids is 1. The Kier molecular flexibility index (Phi) is 5.90. The number of aromatic amines is 1. The number of para-hydroxylation sites is 1. The van der Waals surface area contributed by atoms with Crippen molar-refractivity contribution < 1.29 is 13.9 Å². The summed E-state index contributed by atoms with van der Waals surface area (Å²) in [6, 6.07) is 8.65. The molecule has 0 bridgehead atoms. The van der Waals surface area contributed by atoms with Crippen molar-refractivity contribution in [2.45, 2.75) is 38.1 Å². The van der Waals surface area contributed by atoms with Crippen molar-refractivity contribution in [3.63, 3.8) is 0 Å². The molecule has 0 spiro atoms. The molecule has 1 aromatic heterocycles. The summed E-state index contributed by atoms with van der Waals surface area (Å²) in [6.45, 7) is 3.58. The minimum atomic E-state index is -0.350. The molecule has 6 nitrogen and oxygen atoms in total. The van der Waals surface area contributed by atoms with Gasteiger partial charge in [0.25, 0.3) is 0 Å². The number of benzene rings is 1. The molecule has 150 valence electrons. The third-order valence-corrected chi connectivity index (χ3v) is 5.62. The van der Waals surface area contributed by atoms with E-state index in [0.717, 1.165) is 56.7 Å². The van der Waals surface area contributed by atoms with E-state index in [4.69, 9.17) is 4.74 Å². The van der Waals surface area contributed by atoms with Gasteiger partial charge in [0.05, 0.1) is 24.9 Å². The lowest BCUT2D eigenvalue weighted by molar-refractivity contribution is -0.131. The van der Waals surface area contributed by atoms with Crippen LogP contribution in [0.25, 0.3) is 0 Å². The second kappa shape index (κ2) is 8.73. The molecule has 7 heteroatoms. The lowest BCUT2D eigenvalue weighted by Gasteiger charge is -2.25. The lowest BCUT2D eigenvalue weighted by Crippen LogP contribution is -2.38. The molecule has 1 aromatic carbocycles. The maximum absolute atomic E-state index is 13.6. The van der Waals surface area contributed by atoms with Crippen molar-refractivity contribution >= 4 is 5.91 Å². The molecule has 0 saturated carbocycles. The highest BCUT2D eigenvalue weighted by molar-refractivity contribution is 5.78. The molecule has 2 fully saturated rings. The molecule has 4 rings (SSSR count). The molecule has 0 aliphatic carbocycles. The van der Waals surface area contributed by atoms with Crippen LogP contribution in [0.3, 0.4) is 0 Å². The molecule has 2 saturated heterocycles. The van der Waals surface area contributed by atoms with Gasteiger partial charge < -0.3 is 9.64 Å². The summed E-state index contributed by atoms with van der Waals surface area (Å²) in [5.74, 6) is 0.153. The van der Waals surface area contributed by atoms with Crippen LogP contribution in [0, 0.1) is 5.82 Å². The van der Waals surface area contributed by atoms with Gasteiger partial charge in [-0.25, -0.2) is 4.39 Å². The van der Waals surface area contributed by atoms with Crippen molar-refractivity contribution in [3.8, 4) is 5.75 Å². The molecule has 1 N–H and O–H groups in total. The number of nitrogens with one attached hydrogen (secondary N) is 1. The fraction of sp³-hybridized carbons (Fsp3) is 0.524. The van der Waals surface area contributed by atoms with Gasteiger partial charge in [0.15, 0.2) is 11.6 Å². The number of carbonyl (C=O) groups is 1. The Labute approximate surface area is 164 Å². The number of likely N-dealkylation sites (tertiary alicyclic amines) is 2. The highest BCUT2D eigenvalue weighted by Crippen LogP contribution is 2.31. The second-order valence-electron chi connectivity index (χ2n) is 7.56. The summed E-state index contributed by atoms with van der Waals surface area (Å²) in [4.78, 5) is 16.7. The smallest absolute Gasteiger partial charge is 0.236 e. The molecule has 3 heterocycles. The normalized spacial score (nSPS) is 20.0. The van der Waals surface area contributed by atoms with Crippen molar-refractivity contribution in [2.24, 2.45) is 0 Å². The lowest BCUT2D eigenvalue weighted by atomic mass is 10.1. The molecule has 1 atom stereocenters. The summed E-state index contributed by atoms with van der Waals surface area (Å²) in [6.07, 6.45) is 4.96. The fourth-order valence-corrected chi connectivity index (χ4v) is 4.10. The summed E-state index contributed by atoms with van der Waals surface area (Å²) in [5, 5.41) is 7.54. The van der Waals surface area contributed by atoms with Crippen molar-refractivity contribution in [1.82, 2.24) is 20.0 Å². The zero-order valence-electron chi connectivity index (χ0n) is 16.1. The molecule has 0 radical (unpaired) electrons. The Hall–Kier alpha value is -2.41. The number of rotatable bonds is 7. The highest BCUT2D eigenvalue weighted by Gasteiger charge is 2.31. The molecule has 2 aliphatic heterocycles. The van der Waals surface area contributed by atoms with Gasteiger partial charge in [0.1, 0.15) is 0 Å². The third-order valence-electron chi connectivity index (χ3n) is 5.62. The summed E-state index contributed by atoms with van der Waals surface area (Å²) < 4.78 is 19.1. The topological polar surface area (TPSA) is 61.5 Å². The Morgan fingerprint density at radius 3 is 2.86 bits per heavy atom. The predicted molar refractivity (Wildman–Crippen MR) is 104 cm³/mol. The Morgan fingerprint density at radius 2 is 2.04 bits per heavy atom. The fourth-order valence-electron chi connectivity index (χ4n) is 4.10. The van der Waals surface area contributed by atoms with Crippen LogP contribution < -0.4 is 4.74 Å². The molecule has 0 unspecified atom stereocenters. The van der Waals surface area contributed by atoms with E-state index in [2.05, 4.69) is 15.1 Å². The van der Waals surface area contributed by atoms with E-state index in [9.17, 15) is 9.18 Å². The second-order valence-corrected chi connectivity index (χ2v) is 7.56. The largest absolute Gasteiger partial charge is 0.490 e. The number of ether oxygens (including phenoxy) is 1. The van der Waals surface area contributed by atoms with Crippen LogP contribution >= 0.6 is 0 Å². The first-order valence-corrected chi connectivity index (χ1v) is 10.1. The number of hydrogen-bond acceptors (Lipinski definition) is 4. The van der Waals surface area contributed by atoms with E-state index in [1.54, 1.807) is 18.2 Å². The van der Waals surface area contributed by atoms with Crippen molar-refractivity contribution in [1.29, 1.82) is 0 Å². The Morgan fingerprint density at radius 1 is 1.21 bits per heavy atom. The third kappa shape index (κ3) is 4.35. The first kappa shape index (κ1) is 18.9. The first-order chi connectivity index (χ1) is 13.7. The van der Waals surface area contributed by atoms with E-state index in [1.165, 1.54) is 6.07 Å². The molecule has 2 aromatic rings. The van der Waals surface area contributed by atoms with Gasteiger partial charge >= 0.3 is 0 Å². The number of H-pyrrole nitrogens is 1. The van der Waals surface area contributed by atoms with Crippen LogP contribution in [0.2, 0.25) is 0 Å². The predicted octanol–water partition coefficient (Wildman–Crippen LogP) is 2.93. The van der Waals surface area contributed by atoms with Gasteiger partial charge in [-0.1, -0.05) is 12.1 Å². The first-order valence-electron chi connectivity index (χ1n) is 10.1. The maximum atomic E-state index is 13.6. The van der Waals surface area contributed by atoms with E-state index in [1.807, 2.05) is 11.0 Å². The van der Waals surface area contributed by atoms with Crippen LogP contribution in [0.15, 0.2) is 30.3 Å². The van der Waals surface area contributed by atoms with Crippen LogP contribution in [0.1, 0.15) is 43.1 Å². The van der Waals surface area contributed by atoms with E-state index in [0.29, 0.717) is 19.6 Å². The van der Waals surface area contributed by atoms with Gasteiger partial charge in [0, 0.05) is 25.2 Å². The molecule has 28 heavy (non-hydrogen) atoms. The van der Waals surface area contributed by atoms with E-state index in [-0.39, 0.29) is 23.5 Å². The Balaban J connectivity index is 1.31. The quantitative estimate of drug-likeness (QED) is 0.795. The van der Waals surface area contributed by atoms with E-state index >= 15 is 0 Å². The van der Waals surface area contributed by atoms with Crippen LogP contribution in [-0.4, -0.2) is 58.7 Å². The molecular weight excluding hydrogens is 359 g/mol. The van der Waals surface area contributed by atoms with Crippen molar-refractivity contribution in [3.05, 3.63) is 47.5 Å². The number of nitrogens with zero attached hydrogens (tertiary/aromatic N) is 3. The number of halogens is 1. The molecule has 2 aliphatic rings. The molecular formula is C21H27FN4O2. The van der Waals surface area contributed by atoms with Gasteiger partial charge in [-0.15, -0.1) is 0 Å². The van der Waals surface area contributed by atoms with Gasteiger partial charge in [-0.05, 0) is 50.4 Å². The Bertz CT molecular complexity index is 803. The summed E-state index contributed by atoms with van der Waals surface area (Å²) in [7, 11) is 0. The zero-order chi connectivity index (χ0) is 19.3. The minimum Gasteiger partial charge on any atom is -0.490 e. The average molecular weight is 386 g/mol. The SMILES string of the molecule is O=C(CN1CCC[C@@H]1c1cc(CCOc2ccccc2F)[nH]n1)N1CCCC1. The summed E-state index contributed by atoms with van der Waals surface area (Å²) in [5.41, 5.74) is 1.94. The minimum absolute atomic E-state index is 0.184. The number of amides is 1. The number of hydrogen-bond donors (Lipinski definition) is 1. The molecule has 1 amide bonds. The van der Waals surface area contributed by atoms with Crippen molar-refractivity contribution in [2.75, 3.05) is 32.8 Å². The monoisotopic (exact) mass is 386 g/mol. The van der Waals surface area contributed by atoms with Gasteiger partial charge in [-0.2, -0.15) is 5.10 Å². The standard InChI is InChI=1S/C21H27FN4O2/c22-17-6-1-2-8-20(17)28-13-9-16-14-18(24-23-16)19-7-5-12-26(19)15-21(27)25-10-3-4-11-25/h1-2,6,8,14,19H,3-5,7,9-13,15H2,(H,23,24)/t19-/m1/s1. The van der Waals surface area contributed by atoms with Crippen LogP contribution in [0.4, 0.5) is 4.39 Å². The van der Waals surface area contributed by atoms with Gasteiger partial charge in [-0.3, -0.25) is 14.8 Å². The van der Waals surface area contributed by atoms with Crippen LogP contribution in [0.5, 0.6) is 5.75 Å². The van der Waals surface area contributed by atoms with Crippen LogP contribution in [-0.2, 0) is 11.2 Å². The average Bonchev–Trinajstić information content (AvgIpc) is 3.45. The number of aromatic nitrogens is 2.